The number of nitrogen functional groups attached to an aromatic ring is 1. The number of ether oxygens (including phenoxy) is 1. The van der Waals surface area contributed by atoms with Gasteiger partial charge in [0.25, 0.3) is 5.91 Å². The average Bonchev–Trinajstić information content (AvgIpc) is 3.29. The summed E-state index contributed by atoms with van der Waals surface area (Å²) in [6.45, 7) is 5.08. The number of hydrogen-bond acceptors (Lipinski definition) is 4. The quantitative estimate of drug-likeness (QED) is 0.397. The van der Waals surface area contributed by atoms with Crippen molar-refractivity contribution >= 4 is 22.5 Å². The highest BCUT2D eigenvalue weighted by Crippen LogP contribution is 2.33. The summed E-state index contributed by atoms with van der Waals surface area (Å²) in [5.41, 5.74) is 12.3. The van der Waals surface area contributed by atoms with Gasteiger partial charge in [-0.15, -0.1) is 0 Å². The Balaban J connectivity index is 1.62. The number of para-hydroxylation sites is 1. The Bertz CT molecular complexity index is 1260. The lowest BCUT2D eigenvalue weighted by Gasteiger charge is -2.19. The second-order valence-corrected chi connectivity index (χ2v) is 8.04. The van der Waals surface area contributed by atoms with Crippen LogP contribution in [0.4, 0.5) is 5.69 Å². The lowest BCUT2D eigenvalue weighted by molar-refractivity contribution is 0.0785. The monoisotopic (exact) mass is 428 g/mol. The zero-order valence-corrected chi connectivity index (χ0v) is 18.7. The molecule has 0 saturated heterocycles. The summed E-state index contributed by atoms with van der Waals surface area (Å²) in [6, 6.07) is 17.6. The number of aromatic amines is 1. The molecule has 0 bridgehead atoms. The van der Waals surface area contributed by atoms with E-state index in [0.29, 0.717) is 24.5 Å². The number of rotatable bonds is 7. The summed E-state index contributed by atoms with van der Waals surface area (Å²) in [5, 5.41) is 8.16. The van der Waals surface area contributed by atoms with Crippen molar-refractivity contribution in [3.05, 3.63) is 77.5 Å². The summed E-state index contributed by atoms with van der Waals surface area (Å²) >= 11 is 0. The number of nitrogens with zero attached hydrogens (tertiary/aromatic N) is 2. The lowest BCUT2D eigenvalue weighted by Crippen LogP contribution is -2.26. The van der Waals surface area contributed by atoms with E-state index in [9.17, 15) is 4.79 Å². The van der Waals surface area contributed by atoms with Crippen LogP contribution in [0.2, 0.25) is 0 Å². The number of aromatic nitrogens is 2. The molecule has 6 nitrogen and oxygen atoms in total. The Hall–Kier alpha value is -3.80. The van der Waals surface area contributed by atoms with Crippen LogP contribution in [0, 0.1) is 6.92 Å². The zero-order chi connectivity index (χ0) is 22.7. The number of carbonyl (C=O) groups excluding carboxylic acids is 1. The predicted molar refractivity (Wildman–Crippen MR) is 129 cm³/mol. The van der Waals surface area contributed by atoms with Gasteiger partial charge in [0.05, 0.1) is 18.3 Å². The van der Waals surface area contributed by atoms with Crippen LogP contribution in [0.5, 0.6) is 5.75 Å². The highest BCUT2D eigenvalue weighted by atomic mass is 16.5. The fraction of sp³-hybridized carbons (Fsp3) is 0.231. The van der Waals surface area contributed by atoms with Gasteiger partial charge in [-0.25, -0.2) is 0 Å². The number of hydrogen-bond donors (Lipinski definition) is 2. The van der Waals surface area contributed by atoms with E-state index in [2.05, 4.69) is 17.1 Å². The van der Waals surface area contributed by atoms with Gasteiger partial charge in [-0.1, -0.05) is 37.3 Å². The maximum atomic E-state index is 13.2. The summed E-state index contributed by atoms with van der Waals surface area (Å²) in [5.74, 6) is 0.614. The van der Waals surface area contributed by atoms with Crippen molar-refractivity contribution < 1.29 is 9.53 Å². The molecule has 0 aliphatic rings. The van der Waals surface area contributed by atoms with Gasteiger partial charge in [0.2, 0.25) is 0 Å². The number of benzene rings is 3. The van der Waals surface area contributed by atoms with Gasteiger partial charge in [0, 0.05) is 35.8 Å². The summed E-state index contributed by atoms with van der Waals surface area (Å²) < 4.78 is 6.02. The molecule has 0 aliphatic carbocycles. The van der Waals surface area contributed by atoms with Crippen LogP contribution in [0.3, 0.4) is 0 Å². The second kappa shape index (κ2) is 9.14. The molecule has 0 aliphatic heterocycles. The minimum Gasteiger partial charge on any atom is -0.493 e. The highest BCUT2D eigenvalue weighted by Gasteiger charge is 2.17. The number of nitrogens with one attached hydrogen (secondary N) is 1. The SMILES string of the molecule is CCCOc1cc(C(=O)N(C)Cc2cccc3cn[nH]c23)ccc1-c1ccc(C)c(N)c1. The van der Waals surface area contributed by atoms with E-state index in [4.69, 9.17) is 10.5 Å². The van der Waals surface area contributed by atoms with Crippen molar-refractivity contribution in [2.75, 3.05) is 19.4 Å². The lowest BCUT2D eigenvalue weighted by atomic mass is 10.00. The van der Waals surface area contributed by atoms with Gasteiger partial charge >= 0.3 is 0 Å². The molecule has 6 heteroatoms. The Morgan fingerprint density at radius 2 is 2.00 bits per heavy atom. The van der Waals surface area contributed by atoms with Crippen LogP contribution in [0.15, 0.2) is 60.8 Å². The first kappa shape index (κ1) is 21.4. The predicted octanol–water partition coefficient (Wildman–Crippen LogP) is 5.18. The maximum absolute atomic E-state index is 13.2. The van der Waals surface area contributed by atoms with Crippen LogP contribution in [0.25, 0.3) is 22.0 Å². The van der Waals surface area contributed by atoms with Crippen molar-refractivity contribution in [2.45, 2.75) is 26.8 Å². The molecule has 3 aromatic carbocycles. The molecule has 4 aromatic rings. The second-order valence-electron chi connectivity index (χ2n) is 8.04. The Morgan fingerprint density at radius 1 is 1.16 bits per heavy atom. The topological polar surface area (TPSA) is 84.2 Å². The third-order valence-electron chi connectivity index (χ3n) is 5.60. The van der Waals surface area contributed by atoms with Gasteiger partial charge in [-0.2, -0.15) is 5.10 Å². The Labute approximate surface area is 188 Å². The molecular weight excluding hydrogens is 400 g/mol. The normalized spacial score (nSPS) is 11.0. The molecule has 164 valence electrons. The molecule has 32 heavy (non-hydrogen) atoms. The van der Waals surface area contributed by atoms with Crippen molar-refractivity contribution in [3.63, 3.8) is 0 Å². The standard InChI is InChI=1S/C26H28N4O2/c1-4-12-32-24-14-19(10-11-22(24)18-9-8-17(2)23(27)13-18)26(31)30(3)16-21-7-5-6-20-15-28-29-25(20)21/h5-11,13-15H,4,12,16,27H2,1-3H3,(H,28,29). The summed E-state index contributed by atoms with van der Waals surface area (Å²) in [4.78, 5) is 14.9. The molecule has 1 amide bonds. The number of aryl methyl sites for hydroxylation is 1. The zero-order valence-electron chi connectivity index (χ0n) is 18.7. The minimum absolute atomic E-state index is 0.0714. The molecule has 1 aromatic heterocycles. The number of carbonyl (C=O) groups is 1. The molecule has 0 atom stereocenters. The van der Waals surface area contributed by atoms with Crippen LogP contribution in [-0.2, 0) is 6.54 Å². The van der Waals surface area contributed by atoms with Crippen LogP contribution in [-0.4, -0.2) is 34.7 Å². The molecule has 1 heterocycles. The summed E-state index contributed by atoms with van der Waals surface area (Å²) in [6.07, 6.45) is 2.66. The average molecular weight is 429 g/mol. The van der Waals surface area contributed by atoms with E-state index in [1.165, 1.54) is 0 Å². The van der Waals surface area contributed by atoms with Gasteiger partial charge in [0.15, 0.2) is 0 Å². The molecular formula is C26H28N4O2. The van der Waals surface area contributed by atoms with Crippen molar-refractivity contribution in [1.82, 2.24) is 15.1 Å². The third kappa shape index (κ3) is 4.30. The van der Waals surface area contributed by atoms with E-state index >= 15 is 0 Å². The first-order valence-electron chi connectivity index (χ1n) is 10.8. The molecule has 0 fully saturated rings. The van der Waals surface area contributed by atoms with Crippen LogP contribution in [0.1, 0.15) is 34.8 Å². The maximum Gasteiger partial charge on any atom is 0.254 e. The number of H-pyrrole nitrogens is 1. The first-order chi connectivity index (χ1) is 15.5. The fourth-order valence-electron chi connectivity index (χ4n) is 3.74. The largest absolute Gasteiger partial charge is 0.493 e. The van der Waals surface area contributed by atoms with Crippen molar-refractivity contribution in [3.8, 4) is 16.9 Å². The third-order valence-corrected chi connectivity index (χ3v) is 5.60. The van der Waals surface area contributed by atoms with Gasteiger partial charge in [-0.05, 0) is 54.3 Å². The Kier molecular flexibility index (Phi) is 6.12. The van der Waals surface area contributed by atoms with Crippen molar-refractivity contribution in [1.29, 1.82) is 0 Å². The number of anilines is 1. The highest BCUT2D eigenvalue weighted by molar-refractivity contribution is 5.96. The van der Waals surface area contributed by atoms with Gasteiger partial charge in [-0.3, -0.25) is 9.89 Å². The number of nitrogens with two attached hydrogens (primary N) is 1. The molecule has 0 unspecified atom stereocenters. The van der Waals surface area contributed by atoms with Crippen LogP contribution < -0.4 is 10.5 Å². The van der Waals surface area contributed by atoms with E-state index in [1.54, 1.807) is 18.1 Å². The fourth-order valence-corrected chi connectivity index (χ4v) is 3.74. The van der Waals surface area contributed by atoms with E-state index in [0.717, 1.165) is 45.3 Å². The number of amides is 1. The first-order valence-corrected chi connectivity index (χ1v) is 10.8. The molecule has 0 saturated carbocycles. The molecule has 4 rings (SSSR count). The molecule has 0 radical (unpaired) electrons. The minimum atomic E-state index is -0.0714. The molecule has 0 spiro atoms. The smallest absolute Gasteiger partial charge is 0.254 e. The summed E-state index contributed by atoms with van der Waals surface area (Å²) in [7, 11) is 1.80. The van der Waals surface area contributed by atoms with E-state index in [1.807, 2.05) is 61.5 Å². The van der Waals surface area contributed by atoms with Crippen molar-refractivity contribution in [2.24, 2.45) is 0 Å². The van der Waals surface area contributed by atoms with Gasteiger partial charge in [0.1, 0.15) is 5.75 Å². The van der Waals surface area contributed by atoms with E-state index < -0.39 is 0 Å². The van der Waals surface area contributed by atoms with Crippen LogP contribution >= 0.6 is 0 Å². The molecule has 3 N–H and O–H groups in total. The Morgan fingerprint density at radius 3 is 2.78 bits per heavy atom. The number of fused-ring (bicyclic) bond motifs is 1. The van der Waals surface area contributed by atoms with E-state index in [-0.39, 0.29) is 5.91 Å². The van der Waals surface area contributed by atoms with Gasteiger partial charge < -0.3 is 15.4 Å².